The van der Waals surface area contributed by atoms with E-state index in [0.29, 0.717) is 48.7 Å². The number of fused-ring (bicyclic) bond motifs is 1. The zero-order valence-corrected chi connectivity index (χ0v) is 19.7. The average molecular weight is 484 g/mol. The number of nitrogens with zero attached hydrogens (tertiary/aromatic N) is 3. The number of amides is 1. The van der Waals surface area contributed by atoms with Crippen molar-refractivity contribution in [1.29, 1.82) is 0 Å². The Kier molecular flexibility index (Phi) is 6.45. The highest BCUT2D eigenvalue weighted by Gasteiger charge is 2.33. The van der Waals surface area contributed by atoms with Gasteiger partial charge in [-0.15, -0.1) is 0 Å². The van der Waals surface area contributed by atoms with Crippen molar-refractivity contribution < 1.29 is 22.9 Å². The molecule has 2 fully saturated rings. The van der Waals surface area contributed by atoms with Crippen molar-refractivity contribution in [3.05, 3.63) is 48.5 Å². The maximum atomic E-state index is 14.3. The lowest BCUT2D eigenvalue weighted by atomic mass is 10.0. The van der Waals surface area contributed by atoms with Gasteiger partial charge in [-0.25, -0.2) is 9.37 Å². The minimum atomic E-state index is -0.775. The van der Waals surface area contributed by atoms with Gasteiger partial charge < -0.3 is 14.4 Å². The lowest BCUT2D eigenvalue weighted by molar-refractivity contribution is -0.135. The zero-order valence-electron chi connectivity index (χ0n) is 18.9. The third-order valence-electron chi connectivity index (χ3n) is 6.52. The van der Waals surface area contributed by atoms with Gasteiger partial charge in [-0.05, 0) is 48.7 Å². The van der Waals surface area contributed by atoms with Gasteiger partial charge in [0.1, 0.15) is 11.9 Å². The third kappa shape index (κ3) is 4.61. The number of likely N-dealkylation sites (tertiary alicyclic amines) is 1. The second-order valence-electron chi connectivity index (χ2n) is 8.69. The number of aromatic nitrogens is 2. The molecule has 4 heterocycles. The molecule has 5 rings (SSSR count). The van der Waals surface area contributed by atoms with Crippen molar-refractivity contribution in [3.8, 4) is 22.8 Å². The minimum absolute atomic E-state index is 0.0238. The van der Waals surface area contributed by atoms with Crippen LogP contribution in [0.3, 0.4) is 0 Å². The molecule has 0 saturated carbocycles. The summed E-state index contributed by atoms with van der Waals surface area (Å²) in [7, 11) is 0.606. The number of benzene rings is 1. The quantitative estimate of drug-likeness (QED) is 0.552. The Morgan fingerprint density at radius 1 is 1.15 bits per heavy atom. The van der Waals surface area contributed by atoms with Gasteiger partial charge in [0.15, 0.2) is 5.82 Å². The monoisotopic (exact) mass is 483 g/mol. The molecule has 3 aromatic rings. The summed E-state index contributed by atoms with van der Waals surface area (Å²) in [4.78, 5) is 23.2. The second kappa shape index (κ2) is 9.66. The Balaban J connectivity index is 1.32. The fourth-order valence-corrected chi connectivity index (χ4v) is 5.99. The summed E-state index contributed by atoms with van der Waals surface area (Å²) in [6.45, 7) is 1.21. The van der Waals surface area contributed by atoms with E-state index in [0.717, 1.165) is 22.9 Å². The van der Waals surface area contributed by atoms with Crippen molar-refractivity contribution in [2.75, 3.05) is 31.7 Å². The molecule has 2 aromatic heterocycles. The number of hydrogen-bond acceptors (Lipinski definition) is 6. The highest BCUT2D eigenvalue weighted by Crippen LogP contribution is 2.32. The predicted octanol–water partition coefficient (Wildman–Crippen LogP) is 3.58. The van der Waals surface area contributed by atoms with E-state index in [9.17, 15) is 13.4 Å². The number of halogens is 1. The van der Waals surface area contributed by atoms with Gasteiger partial charge in [0.25, 0.3) is 0 Å². The van der Waals surface area contributed by atoms with E-state index in [1.807, 2.05) is 29.2 Å². The van der Waals surface area contributed by atoms with Gasteiger partial charge in [0.05, 0.1) is 19.2 Å². The number of carbonyl (C=O) groups is 1. The average Bonchev–Trinajstić information content (AvgIpc) is 3.32. The molecule has 0 radical (unpaired) electrons. The Hall–Kier alpha value is -3.07. The van der Waals surface area contributed by atoms with Crippen molar-refractivity contribution in [2.45, 2.75) is 25.4 Å². The first-order valence-corrected chi connectivity index (χ1v) is 12.9. The molecule has 0 spiro atoms. The molecule has 2 saturated heterocycles. The summed E-state index contributed by atoms with van der Waals surface area (Å²) in [5.41, 5.74) is 2.18. The zero-order chi connectivity index (χ0) is 23.7. The van der Waals surface area contributed by atoms with Crippen LogP contribution < -0.4 is 9.47 Å². The maximum Gasteiger partial charge on any atom is 0.250 e. The van der Waals surface area contributed by atoms with Crippen LogP contribution in [0.2, 0.25) is 0 Å². The van der Waals surface area contributed by atoms with Crippen LogP contribution >= 0.6 is 0 Å². The Labute approximate surface area is 199 Å². The molecule has 9 heteroatoms. The molecule has 34 heavy (non-hydrogen) atoms. The molecular formula is C25H26FN3O4S. The van der Waals surface area contributed by atoms with E-state index in [-0.39, 0.29) is 23.8 Å². The van der Waals surface area contributed by atoms with Crippen LogP contribution in [-0.2, 0) is 15.6 Å². The number of pyridine rings is 2. The maximum absolute atomic E-state index is 14.3. The van der Waals surface area contributed by atoms with Crippen molar-refractivity contribution in [2.24, 2.45) is 5.92 Å². The summed E-state index contributed by atoms with van der Waals surface area (Å²) in [6.07, 6.45) is 5.33. The first-order valence-electron chi connectivity index (χ1n) is 11.4. The van der Waals surface area contributed by atoms with Crippen LogP contribution in [-0.4, -0.2) is 62.8 Å². The van der Waals surface area contributed by atoms with Crippen LogP contribution in [0.4, 0.5) is 4.39 Å². The fraction of sp³-hybridized carbons (Fsp3) is 0.400. The third-order valence-corrected chi connectivity index (χ3v) is 7.90. The summed E-state index contributed by atoms with van der Waals surface area (Å²) in [5, 5.41) is 0.826. The van der Waals surface area contributed by atoms with Crippen molar-refractivity contribution >= 4 is 27.6 Å². The SMILES string of the molecule is COc1ncc(-c2ccnc3ccc(OC4CCN(C(=O)C5CCS(=O)CC5)C4)cc23)cc1F. The van der Waals surface area contributed by atoms with Crippen molar-refractivity contribution in [3.63, 3.8) is 0 Å². The Morgan fingerprint density at radius 3 is 2.74 bits per heavy atom. The number of rotatable bonds is 5. The van der Waals surface area contributed by atoms with Crippen LogP contribution in [0, 0.1) is 11.7 Å². The van der Waals surface area contributed by atoms with E-state index in [1.165, 1.54) is 13.2 Å². The molecule has 2 aliphatic rings. The molecule has 0 aliphatic carbocycles. The number of carbonyl (C=O) groups excluding carboxylic acids is 1. The van der Waals surface area contributed by atoms with Gasteiger partial charge in [0, 0.05) is 64.5 Å². The van der Waals surface area contributed by atoms with E-state index < -0.39 is 16.6 Å². The van der Waals surface area contributed by atoms with Gasteiger partial charge in [-0.2, -0.15) is 0 Å². The fourth-order valence-electron chi connectivity index (χ4n) is 4.69. The molecule has 7 nitrogen and oxygen atoms in total. The van der Waals surface area contributed by atoms with E-state index in [2.05, 4.69) is 9.97 Å². The topological polar surface area (TPSA) is 81.6 Å². The van der Waals surface area contributed by atoms with Crippen LogP contribution in [0.25, 0.3) is 22.0 Å². The second-order valence-corrected chi connectivity index (χ2v) is 10.4. The van der Waals surface area contributed by atoms with Crippen LogP contribution in [0.15, 0.2) is 42.7 Å². The highest BCUT2D eigenvalue weighted by atomic mass is 32.2. The minimum Gasteiger partial charge on any atom is -0.488 e. The van der Waals surface area contributed by atoms with Crippen LogP contribution in [0.5, 0.6) is 11.6 Å². The summed E-state index contributed by atoms with van der Waals surface area (Å²) < 4.78 is 37.0. The standard InChI is InChI=1S/C25H26FN3O4S/c1-32-24-22(26)12-17(14-28-24)20-4-8-27-23-3-2-18(13-21(20)23)33-19-5-9-29(15-19)25(30)16-6-10-34(31)11-7-16/h2-4,8,12-14,16,19H,5-7,9-11,15H2,1H3. The summed E-state index contributed by atoms with van der Waals surface area (Å²) >= 11 is 0. The molecule has 178 valence electrons. The van der Waals surface area contributed by atoms with Crippen molar-refractivity contribution in [1.82, 2.24) is 14.9 Å². The van der Waals surface area contributed by atoms with Gasteiger partial charge in [0.2, 0.25) is 11.8 Å². The molecule has 1 unspecified atom stereocenters. The van der Waals surface area contributed by atoms with E-state index >= 15 is 0 Å². The predicted molar refractivity (Wildman–Crippen MR) is 128 cm³/mol. The molecule has 1 aromatic carbocycles. The number of ether oxygens (including phenoxy) is 2. The van der Waals surface area contributed by atoms with Gasteiger partial charge in [-0.3, -0.25) is 14.0 Å². The molecule has 1 atom stereocenters. The first-order chi connectivity index (χ1) is 16.5. The molecular weight excluding hydrogens is 457 g/mol. The summed E-state index contributed by atoms with van der Waals surface area (Å²) in [5.74, 6) is 1.46. The molecule has 0 N–H and O–H groups in total. The van der Waals surface area contributed by atoms with E-state index in [1.54, 1.807) is 12.4 Å². The molecule has 1 amide bonds. The largest absolute Gasteiger partial charge is 0.488 e. The lowest BCUT2D eigenvalue weighted by Gasteiger charge is -2.26. The lowest BCUT2D eigenvalue weighted by Crippen LogP contribution is -2.38. The van der Waals surface area contributed by atoms with Gasteiger partial charge in [-0.1, -0.05) is 0 Å². The highest BCUT2D eigenvalue weighted by molar-refractivity contribution is 7.85. The Bertz CT molecular complexity index is 1240. The summed E-state index contributed by atoms with van der Waals surface area (Å²) in [6, 6.07) is 8.87. The normalized spacial score (nSPS) is 22.6. The smallest absolute Gasteiger partial charge is 0.250 e. The first kappa shape index (κ1) is 22.7. The van der Waals surface area contributed by atoms with E-state index in [4.69, 9.17) is 9.47 Å². The molecule has 0 bridgehead atoms. The number of methoxy groups -OCH3 is 1. The van der Waals surface area contributed by atoms with Gasteiger partial charge >= 0.3 is 0 Å². The number of hydrogen-bond donors (Lipinski definition) is 0. The molecule has 2 aliphatic heterocycles. The van der Waals surface area contributed by atoms with Crippen LogP contribution in [0.1, 0.15) is 19.3 Å². The Morgan fingerprint density at radius 2 is 1.97 bits per heavy atom.